The Morgan fingerprint density at radius 2 is 1.91 bits per heavy atom. The molecule has 116 valence electrons. The van der Waals surface area contributed by atoms with E-state index in [9.17, 15) is 4.79 Å². The average molecular weight is 327 g/mol. The Hall–Kier alpha value is -2.51. The van der Waals surface area contributed by atoms with Gasteiger partial charge < -0.3 is 9.64 Å². The van der Waals surface area contributed by atoms with Crippen molar-refractivity contribution in [1.29, 1.82) is 5.26 Å². The van der Waals surface area contributed by atoms with Gasteiger partial charge in [0.15, 0.2) is 5.60 Å². The van der Waals surface area contributed by atoms with Gasteiger partial charge in [0.1, 0.15) is 5.75 Å². The standard InChI is InChI=1S/C18H15ClN2O2/c1-18(2)17(22)21(11-13-5-3-12(10-20)4-6-13)15-9-14(19)7-8-16(15)23-18/h3-9H,11H2,1-2H3. The molecule has 0 saturated carbocycles. The van der Waals surface area contributed by atoms with Crippen molar-refractivity contribution < 1.29 is 9.53 Å². The summed E-state index contributed by atoms with van der Waals surface area (Å²) in [5.41, 5.74) is 1.24. The molecule has 0 unspecified atom stereocenters. The van der Waals surface area contributed by atoms with Crippen LogP contribution < -0.4 is 9.64 Å². The summed E-state index contributed by atoms with van der Waals surface area (Å²) in [5.74, 6) is 0.504. The van der Waals surface area contributed by atoms with Crippen LogP contribution in [-0.2, 0) is 11.3 Å². The quantitative estimate of drug-likeness (QED) is 0.840. The SMILES string of the molecule is CC1(C)Oc2ccc(Cl)cc2N(Cc2ccc(C#N)cc2)C1=O. The fourth-order valence-electron chi connectivity index (χ4n) is 2.56. The maximum absolute atomic E-state index is 12.8. The average Bonchev–Trinajstić information content (AvgIpc) is 2.53. The molecule has 2 aromatic carbocycles. The number of nitriles is 1. The van der Waals surface area contributed by atoms with Crippen LogP contribution in [0, 0.1) is 11.3 Å². The third-order valence-corrected chi connectivity index (χ3v) is 4.00. The molecule has 0 aromatic heterocycles. The smallest absolute Gasteiger partial charge is 0.271 e. The molecule has 0 radical (unpaired) electrons. The zero-order valence-electron chi connectivity index (χ0n) is 12.8. The Morgan fingerprint density at radius 3 is 2.57 bits per heavy atom. The lowest BCUT2D eigenvalue weighted by molar-refractivity contribution is -0.132. The molecule has 4 nitrogen and oxygen atoms in total. The van der Waals surface area contributed by atoms with Gasteiger partial charge in [0, 0.05) is 5.02 Å². The van der Waals surface area contributed by atoms with Crippen molar-refractivity contribution in [3.63, 3.8) is 0 Å². The normalized spacial score (nSPS) is 15.6. The van der Waals surface area contributed by atoms with E-state index in [1.165, 1.54) is 0 Å². The minimum atomic E-state index is -0.937. The lowest BCUT2D eigenvalue weighted by atomic mass is 10.0. The first-order chi connectivity index (χ1) is 10.9. The third-order valence-electron chi connectivity index (χ3n) is 3.76. The molecule has 5 heteroatoms. The molecular weight excluding hydrogens is 312 g/mol. The van der Waals surface area contributed by atoms with Gasteiger partial charge in [-0.3, -0.25) is 4.79 Å². The summed E-state index contributed by atoms with van der Waals surface area (Å²) in [6.45, 7) is 3.89. The van der Waals surface area contributed by atoms with E-state index in [0.717, 1.165) is 5.56 Å². The van der Waals surface area contributed by atoms with Gasteiger partial charge in [0.25, 0.3) is 5.91 Å². The summed E-state index contributed by atoms with van der Waals surface area (Å²) in [7, 11) is 0. The van der Waals surface area contributed by atoms with Crippen molar-refractivity contribution in [3.05, 3.63) is 58.6 Å². The number of hydrogen-bond acceptors (Lipinski definition) is 3. The number of rotatable bonds is 2. The molecule has 0 bridgehead atoms. The summed E-state index contributed by atoms with van der Waals surface area (Å²) < 4.78 is 5.80. The largest absolute Gasteiger partial charge is 0.476 e. The van der Waals surface area contributed by atoms with Gasteiger partial charge in [-0.2, -0.15) is 5.26 Å². The van der Waals surface area contributed by atoms with Crippen LogP contribution in [0.3, 0.4) is 0 Å². The van der Waals surface area contributed by atoms with E-state index < -0.39 is 5.60 Å². The van der Waals surface area contributed by atoms with E-state index >= 15 is 0 Å². The zero-order chi connectivity index (χ0) is 16.6. The summed E-state index contributed by atoms with van der Waals surface area (Å²) in [5, 5.41) is 9.42. The fourth-order valence-corrected chi connectivity index (χ4v) is 2.73. The monoisotopic (exact) mass is 326 g/mol. The molecule has 0 aliphatic carbocycles. The van der Waals surface area contributed by atoms with Gasteiger partial charge in [0.05, 0.1) is 23.9 Å². The number of fused-ring (bicyclic) bond motifs is 1. The van der Waals surface area contributed by atoms with Crippen LogP contribution in [0.15, 0.2) is 42.5 Å². The van der Waals surface area contributed by atoms with E-state index in [1.807, 2.05) is 12.1 Å². The van der Waals surface area contributed by atoms with Gasteiger partial charge in [0.2, 0.25) is 0 Å². The van der Waals surface area contributed by atoms with Gasteiger partial charge in [-0.15, -0.1) is 0 Å². The van der Waals surface area contributed by atoms with Crippen molar-refractivity contribution >= 4 is 23.2 Å². The minimum Gasteiger partial charge on any atom is -0.476 e. The van der Waals surface area contributed by atoms with Gasteiger partial charge in [-0.25, -0.2) is 0 Å². The number of carbonyl (C=O) groups excluding carboxylic acids is 1. The molecule has 0 fully saturated rings. The molecule has 23 heavy (non-hydrogen) atoms. The molecule has 1 amide bonds. The van der Waals surface area contributed by atoms with Crippen molar-refractivity contribution in [2.24, 2.45) is 0 Å². The van der Waals surface area contributed by atoms with E-state index in [2.05, 4.69) is 6.07 Å². The molecular formula is C18H15ClN2O2. The Balaban J connectivity index is 2.00. The van der Waals surface area contributed by atoms with E-state index in [1.54, 1.807) is 49.1 Å². The number of amides is 1. The predicted octanol–water partition coefficient (Wildman–Crippen LogP) is 3.92. The Bertz CT molecular complexity index is 807. The van der Waals surface area contributed by atoms with Crippen molar-refractivity contribution in [2.45, 2.75) is 26.0 Å². The van der Waals surface area contributed by atoms with Crippen LogP contribution in [0.25, 0.3) is 0 Å². The third kappa shape index (κ3) is 2.88. The van der Waals surface area contributed by atoms with Gasteiger partial charge in [-0.1, -0.05) is 23.7 Å². The predicted molar refractivity (Wildman–Crippen MR) is 88.5 cm³/mol. The maximum atomic E-state index is 12.8. The van der Waals surface area contributed by atoms with Crippen LogP contribution in [0.1, 0.15) is 25.0 Å². The molecule has 1 aliphatic heterocycles. The van der Waals surface area contributed by atoms with Gasteiger partial charge >= 0.3 is 0 Å². The highest BCUT2D eigenvalue weighted by Gasteiger charge is 2.40. The lowest BCUT2D eigenvalue weighted by Gasteiger charge is -2.39. The first-order valence-electron chi connectivity index (χ1n) is 7.20. The first-order valence-corrected chi connectivity index (χ1v) is 7.58. The van der Waals surface area contributed by atoms with Gasteiger partial charge in [-0.05, 0) is 49.7 Å². The number of ether oxygens (including phenoxy) is 1. The molecule has 2 aromatic rings. The number of nitrogens with zero attached hydrogens (tertiary/aromatic N) is 2. The summed E-state index contributed by atoms with van der Waals surface area (Å²) in [6, 6.07) is 14.5. The summed E-state index contributed by atoms with van der Waals surface area (Å²) in [6.07, 6.45) is 0. The number of carbonyl (C=O) groups is 1. The highest BCUT2D eigenvalue weighted by molar-refractivity contribution is 6.31. The molecule has 0 saturated heterocycles. The fraction of sp³-hybridized carbons (Fsp3) is 0.222. The van der Waals surface area contributed by atoms with E-state index in [4.69, 9.17) is 21.6 Å². The topological polar surface area (TPSA) is 53.3 Å². The molecule has 3 rings (SSSR count). The highest BCUT2D eigenvalue weighted by atomic mass is 35.5. The Labute approximate surface area is 139 Å². The van der Waals surface area contributed by atoms with Crippen molar-refractivity contribution in [3.8, 4) is 11.8 Å². The van der Waals surface area contributed by atoms with Crippen LogP contribution in [0.2, 0.25) is 5.02 Å². The van der Waals surface area contributed by atoms with Crippen LogP contribution in [0.4, 0.5) is 5.69 Å². The lowest BCUT2D eigenvalue weighted by Crippen LogP contribution is -2.52. The van der Waals surface area contributed by atoms with Crippen LogP contribution in [-0.4, -0.2) is 11.5 Å². The first kappa shape index (κ1) is 15.4. The van der Waals surface area contributed by atoms with Crippen LogP contribution in [0.5, 0.6) is 5.75 Å². The molecule has 0 atom stereocenters. The number of anilines is 1. The van der Waals surface area contributed by atoms with Crippen LogP contribution >= 0.6 is 11.6 Å². The summed E-state index contributed by atoms with van der Waals surface area (Å²) >= 11 is 6.07. The van der Waals surface area contributed by atoms with Crippen molar-refractivity contribution in [2.75, 3.05) is 4.90 Å². The molecule has 0 N–H and O–H groups in total. The Morgan fingerprint density at radius 1 is 1.22 bits per heavy atom. The number of benzene rings is 2. The second-order valence-corrected chi connectivity index (χ2v) is 6.36. The zero-order valence-corrected chi connectivity index (χ0v) is 13.6. The maximum Gasteiger partial charge on any atom is 0.271 e. The minimum absolute atomic E-state index is 0.128. The van der Waals surface area contributed by atoms with E-state index in [-0.39, 0.29) is 5.91 Å². The summed E-state index contributed by atoms with van der Waals surface area (Å²) in [4.78, 5) is 14.4. The second-order valence-electron chi connectivity index (χ2n) is 5.92. The molecule has 1 aliphatic rings. The second kappa shape index (κ2) is 5.60. The molecule has 1 heterocycles. The number of hydrogen-bond donors (Lipinski definition) is 0. The highest BCUT2D eigenvalue weighted by Crippen LogP contribution is 2.40. The molecule has 0 spiro atoms. The van der Waals surface area contributed by atoms with E-state index in [0.29, 0.717) is 28.6 Å². The van der Waals surface area contributed by atoms with Crippen molar-refractivity contribution in [1.82, 2.24) is 0 Å². The Kier molecular flexibility index (Phi) is 3.75. The number of halogens is 1.